The van der Waals surface area contributed by atoms with Gasteiger partial charge in [-0.15, -0.1) is 0 Å². The highest BCUT2D eigenvalue weighted by atomic mass is 35.5. The van der Waals surface area contributed by atoms with Crippen LogP contribution in [-0.2, 0) is 4.74 Å². The summed E-state index contributed by atoms with van der Waals surface area (Å²) in [5, 5.41) is 13.4. The van der Waals surface area contributed by atoms with Crippen LogP contribution in [0.5, 0.6) is 0 Å². The minimum Gasteiger partial charge on any atom is -0.394 e. The molecule has 2 N–H and O–H groups in total. The number of hydrogen-bond donors (Lipinski definition) is 2. The normalized spacial score (nSPS) is 16.4. The van der Waals surface area contributed by atoms with E-state index in [-0.39, 0.29) is 18.3 Å². The zero-order chi connectivity index (χ0) is 18.9. The second kappa shape index (κ2) is 7.31. The predicted molar refractivity (Wildman–Crippen MR) is 103 cm³/mol. The number of aliphatic hydroxyl groups is 1. The predicted octanol–water partition coefficient (Wildman–Crippen LogP) is 2.93. The number of nitrogens with zero attached hydrogens (tertiary/aromatic N) is 2. The summed E-state index contributed by atoms with van der Waals surface area (Å²) in [6.07, 6.45) is 2.93. The van der Waals surface area contributed by atoms with Gasteiger partial charge in [-0.25, -0.2) is 4.98 Å². The monoisotopic (exact) mass is 385 g/mol. The summed E-state index contributed by atoms with van der Waals surface area (Å²) in [5.41, 5.74) is 1.53. The Hall–Kier alpha value is -2.41. The van der Waals surface area contributed by atoms with Crippen LogP contribution in [0, 0.1) is 0 Å². The number of nitrogens with one attached hydrogen (secondary N) is 1. The Morgan fingerprint density at radius 1 is 1.22 bits per heavy atom. The van der Waals surface area contributed by atoms with E-state index in [1.54, 1.807) is 16.7 Å². The van der Waals surface area contributed by atoms with E-state index in [0.29, 0.717) is 36.8 Å². The maximum absolute atomic E-state index is 13.0. The second-order valence-corrected chi connectivity index (χ2v) is 7.13. The number of rotatable bonds is 4. The van der Waals surface area contributed by atoms with Gasteiger partial charge >= 0.3 is 0 Å². The third kappa shape index (κ3) is 3.32. The average molecular weight is 386 g/mol. The summed E-state index contributed by atoms with van der Waals surface area (Å²) in [6, 6.07) is 13.1. The van der Waals surface area contributed by atoms with Crippen LogP contribution < -0.4 is 5.32 Å². The van der Waals surface area contributed by atoms with Crippen LogP contribution in [-0.4, -0.2) is 45.8 Å². The molecule has 140 valence electrons. The third-order valence-electron chi connectivity index (χ3n) is 5.01. The largest absolute Gasteiger partial charge is 0.394 e. The van der Waals surface area contributed by atoms with Gasteiger partial charge in [-0.1, -0.05) is 35.9 Å². The van der Waals surface area contributed by atoms with Gasteiger partial charge < -0.3 is 15.2 Å². The van der Waals surface area contributed by atoms with Crippen LogP contribution in [0.2, 0.25) is 5.02 Å². The fourth-order valence-electron chi connectivity index (χ4n) is 3.43. The van der Waals surface area contributed by atoms with E-state index in [2.05, 4.69) is 10.3 Å². The Morgan fingerprint density at radius 2 is 1.96 bits per heavy atom. The molecule has 0 saturated carbocycles. The van der Waals surface area contributed by atoms with E-state index in [0.717, 1.165) is 11.1 Å². The molecular formula is C20H20ClN3O3. The molecule has 1 aromatic carbocycles. The van der Waals surface area contributed by atoms with Gasteiger partial charge in [0.15, 0.2) is 0 Å². The number of carbonyl (C=O) groups is 1. The lowest BCUT2D eigenvalue weighted by molar-refractivity contribution is 0.0123. The van der Waals surface area contributed by atoms with Crippen molar-refractivity contribution in [1.82, 2.24) is 14.7 Å². The van der Waals surface area contributed by atoms with Crippen molar-refractivity contribution in [3.8, 4) is 11.3 Å². The molecule has 1 amide bonds. The van der Waals surface area contributed by atoms with Gasteiger partial charge in [0, 0.05) is 25.0 Å². The van der Waals surface area contributed by atoms with Crippen molar-refractivity contribution in [3.63, 3.8) is 0 Å². The molecule has 0 atom stereocenters. The molecule has 27 heavy (non-hydrogen) atoms. The van der Waals surface area contributed by atoms with Crippen molar-refractivity contribution in [2.24, 2.45) is 0 Å². The van der Waals surface area contributed by atoms with Gasteiger partial charge in [0.25, 0.3) is 5.91 Å². The molecule has 1 aliphatic rings. The SMILES string of the molecule is O=C(NC1(CO)CCOCC1)c1nc(-c2ccccc2Cl)c2ccccn12. The molecule has 4 rings (SSSR count). The van der Waals surface area contributed by atoms with Crippen LogP contribution in [0.4, 0.5) is 0 Å². The lowest BCUT2D eigenvalue weighted by atomic mass is 9.91. The summed E-state index contributed by atoms with van der Waals surface area (Å²) in [4.78, 5) is 17.6. The first-order chi connectivity index (χ1) is 13.1. The molecule has 1 fully saturated rings. The molecule has 3 heterocycles. The third-order valence-corrected chi connectivity index (χ3v) is 5.34. The lowest BCUT2D eigenvalue weighted by Crippen LogP contribution is -2.54. The molecule has 7 heteroatoms. The van der Waals surface area contributed by atoms with Crippen molar-refractivity contribution in [3.05, 3.63) is 59.5 Å². The Labute approximate surface area is 161 Å². The number of aromatic nitrogens is 2. The van der Waals surface area contributed by atoms with Gasteiger partial charge in [-0.05, 0) is 31.0 Å². The molecule has 0 spiro atoms. The smallest absolute Gasteiger partial charge is 0.288 e. The number of halogens is 1. The van der Waals surface area contributed by atoms with Crippen LogP contribution in [0.15, 0.2) is 48.7 Å². The molecule has 6 nitrogen and oxygen atoms in total. The first-order valence-electron chi connectivity index (χ1n) is 8.87. The lowest BCUT2D eigenvalue weighted by Gasteiger charge is -2.36. The topological polar surface area (TPSA) is 75.9 Å². The molecule has 1 aliphatic heterocycles. The Bertz CT molecular complexity index is 980. The van der Waals surface area contributed by atoms with Gasteiger partial charge in [-0.2, -0.15) is 0 Å². The molecule has 2 aromatic heterocycles. The second-order valence-electron chi connectivity index (χ2n) is 6.72. The number of ether oxygens (including phenoxy) is 1. The van der Waals surface area contributed by atoms with Gasteiger partial charge in [0.05, 0.1) is 28.4 Å². The minimum absolute atomic E-state index is 0.136. The molecular weight excluding hydrogens is 366 g/mol. The Kier molecular flexibility index (Phi) is 4.86. The van der Waals surface area contributed by atoms with Crippen molar-refractivity contribution in [2.45, 2.75) is 18.4 Å². The number of imidazole rings is 1. The number of benzene rings is 1. The number of hydrogen-bond acceptors (Lipinski definition) is 4. The van der Waals surface area contributed by atoms with Crippen LogP contribution in [0.25, 0.3) is 16.8 Å². The number of pyridine rings is 1. The van der Waals surface area contributed by atoms with Crippen LogP contribution >= 0.6 is 11.6 Å². The molecule has 1 saturated heterocycles. The van der Waals surface area contributed by atoms with E-state index in [1.807, 2.05) is 36.4 Å². The van der Waals surface area contributed by atoms with Crippen molar-refractivity contribution in [1.29, 1.82) is 0 Å². The van der Waals surface area contributed by atoms with E-state index in [4.69, 9.17) is 16.3 Å². The fourth-order valence-corrected chi connectivity index (χ4v) is 3.66. The van der Waals surface area contributed by atoms with E-state index in [1.165, 1.54) is 0 Å². The van der Waals surface area contributed by atoms with E-state index < -0.39 is 5.54 Å². The minimum atomic E-state index is -0.680. The standard InChI is InChI=1S/C20H20ClN3O3/c21-15-6-2-1-5-14(15)17-16-7-3-4-10-24(16)18(22-17)19(26)23-20(13-25)8-11-27-12-9-20/h1-7,10,25H,8-9,11-13H2,(H,23,26). The summed E-state index contributed by atoms with van der Waals surface area (Å²) < 4.78 is 7.11. The average Bonchev–Trinajstić information content (AvgIpc) is 3.09. The van der Waals surface area contributed by atoms with Crippen molar-refractivity contribution >= 4 is 23.0 Å². The highest BCUT2D eigenvalue weighted by Gasteiger charge is 2.35. The quantitative estimate of drug-likeness (QED) is 0.724. The highest BCUT2D eigenvalue weighted by molar-refractivity contribution is 6.33. The summed E-state index contributed by atoms with van der Waals surface area (Å²) in [6.45, 7) is 0.880. The van der Waals surface area contributed by atoms with Crippen molar-refractivity contribution in [2.75, 3.05) is 19.8 Å². The zero-order valence-electron chi connectivity index (χ0n) is 14.7. The maximum atomic E-state index is 13.0. The van der Waals surface area contributed by atoms with E-state index >= 15 is 0 Å². The van der Waals surface area contributed by atoms with Gasteiger partial charge in [-0.3, -0.25) is 9.20 Å². The van der Waals surface area contributed by atoms with Gasteiger partial charge in [0.1, 0.15) is 0 Å². The Balaban J connectivity index is 1.76. The number of fused-ring (bicyclic) bond motifs is 1. The maximum Gasteiger partial charge on any atom is 0.288 e. The number of amides is 1. The number of carbonyl (C=O) groups excluding carboxylic acids is 1. The fraction of sp³-hybridized carbons (Fsp3) is 0.300. The number of aliphatic hydroxyl groups excluding tert-OH is 1. The van der Waals surface area contributed by atoms with Gasteiger partial charge in [0.2, 0.25) is 5.82 Å². The summed E-state index contributed by atoms with van der Waals surface area (Å²) >= 11 is 6.35. The molecule has 0 bridgehead atoms. The van der Waals surface area contributed by atoms with Crippen LogP contribution in [0.3, 0.4) is 0 Å². The first-order valence-corrected chi connectivity index (χ1v) is 9.24. The molecule has 0 radical (unpaired) electrons. The van der Waals surface area contributed by atoms with Crippen LogP contribution in [0.1, 0.15) is 23.5 Å². The summed E-state index contributed by atoms with van der Waals surface area (Å²) in [5.74, 6) is -0.0645. The summed E-state index contributed by atoms with van der Waals surface area (Å²) in [7, 11) is 0. The first kappa shape index (κ1) is 18.0. The molecule has 0 aliphatic carbocycles. The highest BCUT2D eigenvalue weighted by Crippen LogP contribution is 2.31. The zero-order valence-corrected chi connectivity index (χ0v) is 15.4. The molecule has 3 aromatic rings. The molecule has 0 unspecified atom stereocenters. The van der Waals surface area contributed by atoms with E-state index in [9.17, 15) is 9.90 Å². The van der Waals surface area contributed by atoms with Crippen molar-refractivity contribution < 1.29 is 14.6 Å². The Morgan fingerprint density at radius 3 is 2.70 bits per heavy atom.